The van der Waals surface area contributed by atoms with E-state index in [0.29, 0.717) is 5.75 Å². The number of ether oxygens (including phenoxy) is 2. The third kappa shape index (κ3) is 3.44. The van der Waals surface area contributed by atoms with Crippen molar-refractivity contribution < 1.29 is 9.47 Å². The lowest BCUT2D eigenvalue weighted by Crippen LogP contribution is -2.17. The van der Waals surface area contributed by atoms with E-state index in [1.807, 2.05) is 19.2 Å². The molecule has 1 atom stereocenters. The molecule has 2 aromatic rings. The molecule has 1 aromatic heterocycles. The molecule has 1 heterocycles. The summed E-state index contributed by atoms with van der Waals surface area (Å²) >= 11 is 8.96. The molecule has 0 amide bonds. The summed E-state index contributed by atoms with van der Waals surface area (Å²) in [7, 11) is 5.24. The number of hydrogen-bond acceptors (Lipinski definition) is 4. The molecule has 0 aliphatic heterocycles. The van der Waals surface area contributed by atoms with Crippen LogP contribution in [0.2, 0.25) is 0 Å². The second-order valence-corrected chi connectivity index (χ2v) is 7.81. The van der Waals surface area contributed by atoms with Gasteiger partial charge in [-0.1, -0.05) is 15.9 Å². The van der Waals surface area contributed by atoms with E-state index in [-0.39, 0.29) is 6.04 Å². The topological polar surface area (TPSA) is 30.5 Å². The molecular formula is C15H17Br2NO2S. The van der Waals surface area contributed by atoms with Gasteiger partial charge in [0.15, 0.2) is 11.5 Å². The van der Waals surface area contributed by atoms with Gasteiger partial charge in [0, 0.05) is 9.35 Å². The SMILES string of the molecule is CNC(c1cc(C)c(Br)s1)c1cc(OC)c(OC)cc1Br. The van der Waals surface area contributed by atoms with E-state index in [1.165, 1.54) is 10.4 Å². The Morgan fingerprint density at radius 1 is 1.10 bits per heavy atom. The van der Waals surface area contributed by atoms with Gasteiger partial charge in [0.05, 0.1) is 24.0 Å². The van der Waals surface area contributed by atoms with E-state index in [1.54, 1.807) is 25.6 Å². The van der Waals surface area contributed by atoms with Crippen molar-refractivity contribution in [3.05, 3.63) is 42.5 Å². The Balaban J connectivity index is 2.51. The van der Waals surface area contributed by atoms with Crippen molar-refractivity contribution in [2.24, 2.45) is 0 Å². The molecule has 3 nitrogen and oxygen atoms in total. The quantitative estimate of drug-likeness (QED) is 0.725. The number of aryl methyl sites for hydroxylation is 1. The number of hydrogen-bond donors (Lipinski definition) is 1. The first-order valence-electron chi connectivity index (χ1n) is 6.36. The number of methoxy groups -OCH3 is 2. The zero-order valence-electron chi connectivity index (χ0n) is 12.3. The molecule has 114 valence electrons. The number of halogens is 2. The Morgan fingerprint density at radius 2 is 1.71 bits per heavy atom. The van der Waals surface area contributed by atoms with Crippen LogP contribution in [0.1, 0.15) is 22.0 Å². The highest BCUT2D eigenvalue weighted by Crippen LogP contribution is 2.40. The van der Waals surface area contributed by atoms with Gasteiger partial charge < -0.3 is 14.8 Å². The third-order valence-corrected chi connectivity index (χ3v) is 6.15. The van der Waals surface area contributed by atoms with Crippen LogP contribution in [0.25, 0.3) is 0 Å². The molecule has 1 N–H and O–H groups in total. The van der Waals surface area contributed by atoms with Crippen LogP contribution in [0.15, 0.2) is 26.5 Å². The van der Waals surface area contributed by atoms with Crippen LogP contribution in [0.4, 0.5) is 0 Å². The highest BCUT2D eigenvalue weighted by atomic mass is 79.9. The van der Waals surface area contributed by atoms with Gasteiger partial charge in [0.25, 0.3) is 0 Å². The van der Waals surface area contributed by atoms with E-state index < -0.39 is 0 Å². The molecule has 0 spiro atoms. The van der Waals surface area contributed by atoms with Crippen LogP contribution in [-0.4, -0.2) is 21.3 Å². The summed E-state index contributed by atoms with van der Waals surface area (Å²) in [5, 5.41) is 3.37. The molecule has 2 rings (SSSR count). The first-order chi connectivity index (χ1) is 10.0. The average molecular weight is 435 g/mol. The summed E-state index contributed by atoms with van der Waals surface area (Å²) in [6, 6.07) is 6.23. The van der Waals surface area contributed by atoms with Crippen molar-refractivity contribution in [2.45, 2.75) is 13.0 Å². The van der Waals surface area contributed by atoms with E-state index >= 15 is 0 Å². The van der Waals surface area contributed by atoms with Crippen molar-refractivity contribution in [1.82, 2.24) is 5.32 Å². The molecule has 0 bridgehead atoms. The van der Waals surface area contributed by atoms with E-state index in [2.05, 4.69) is 50.2 Å². The monoisotopic (exact) mass is 433 g/mol. The number of thiophene rings is 1. The van der Waals surface area contributed by atoms with Crippen molar-refractivity contribution in [3.63, 3.8) is 0 Å². The smallest absolute Gasteiger partial charge is 0.161 e. The van der Waals surface area contributed by atoms with Crippen molar-refractivity contribution in [2.75, 3.05) is 21.3 Å². The molecule has 0 aliphatic rings. The van der Waals surface area contributed by atoms with Crippen LogP contribution in [0.3, 0.4) is 0 Å². The molecule has 1 unspecified atom stereocenters. The van der Waals surface area contributed by atoms with E-state index in [0.717, 1.165) is 19.6 Å². The van der Waals surface area contributed by atoms with Gasteiger partial charge in [0.1, 0.15) is 0 Å². The summed E-state index contributed by atoms with van der Waals surface area (Å²) in [6.07, 6.45) is 0. The number of benzene rings is 1. The maximum Gasteiger partial charge on any atom is 0.161 e. The minimum absolute atomic E-state index is 0.0918. The summed E-state index contributed by atoms with van der Waals surface area (Å²) in [6.45, 7) is 2.10. The molecule has 0 fully saturated rings. The minimum atomic E-state index is 0.0918. The first-order valence-corrected chi connectivity index (χ1v) is 8.76. The Hall–Kier alpha value is -0.560. The van der Waals surface area contributed by atoms with Gasteiger partial charge in [-0.05, 0) is 59.2 Å². The molecule has 21 heavy (non-hydrogen) atoms. The maximum absolute atomic E-state index is 5.41. The Labute approximate surface area is 145 Å². The van der Waals surface area contributed by atoms with E-state index in [9.17, 15) is 0 Å². The van der Waals surface area contributed by atoms with E-state index in [4.69, 9.17) is 9.47 Å². The normalized spacial score (nSPS) is 12.3. The lowest BCUT2D eigenvalue weighted by atomic mass is 10.0. The molecular weight excluding hydrogens is 418 g/mol. The first kappa shape index (κ1) is 16.8. The number of nitrogens with one attached hydrogen (secondary N) is 1. The highest BCUT2D eigenvalue weighted by molar-refractivity contribution is 9.11. The summed E-state index contributed by atoms with van der Waals surface area (Å²) < 4.78 is 12.9. The molecule has 1 aromatic carbocycles. The number of rotatable bonds is 5. The average Bonchev–Trinajstić information content (AvgIpc) is 2.80. The molecule has 0 aliphatic carbocycles. The third-order valence-electron chi connectivity index (χ3n) is 3.26. The van der Waals surface area contributed by atoms with Gasteiger partial charge in [-0.15, -0.1) is 11.3 Å². The Kier molecular flexibility index (Phi) is 5.71. The summed E-state index contributed by atoms with van der Waals surface area (Å²) in [4.78, 5) is 1.25. The largest absolute Gasteiger partial charge is 0.493 e. The van der Waals surface area contributed by atoms with Gasteiger partial charge in [-0.2, -0.15) is 0 Å². The van der Waals surface area contributed by atoms with Crippen LogP contribution >= 0.6 is 43.2 Å². The predicted molar refractivity (Wildman–Crippen MR) is 94.9 cm³/mol. The Morgan fingerprint density at radius 3 is 2.19 bits per heavy atom. The lowest BCUT2D eigenvalue weighted by molar-refractivity contribution is 0.354. The fourth-order valence-corrected chi connectivity index (χ4v) is 4.42. The zero-order valence-corrected chi connectivity index (χ0v) is 16.3. The maximum atomic E-state index is 5.41. The fourth-order valence-electron chi connectivity index (χ4n) is 2.17. The van der Waals surface area contributed by atoms with Crippen molar-refractivity contribution in [3.8, 4) is 11.5 Å². The zero-order chi connectivity index (χ0) is 15.6. The van der Waals surface area contributed by atoms with Crippen molar-refractivity contribution in [1.29, 1.82) is 0 Å². The van der Waals surface area contributed by atoms with Crippen LogP contribution in [0.5, 0.6) is 11.5 Å². The van der Waals surface area contributed by atoms with Gasteiger partial charge in [0.2, 0.25) is 0 Å². The molecule has 0 saturated heterocycles. The highest BCUT2D eigenvalue weighted by Gasteiger charge is 2.20. The predicted octanol–water partition coefficient (Wildman–Crippen LogP) is 4.91. The molecule has 6 heteroatoms. The van der Waals surface area contributed by atoms with Crippen LogP contribution < -0.4 is 14.8 Å². The summed E-state index contributed by atoms with van der Waals surface area (Å²) in [5.74, 6) is 1.44. The van der Waals surface area contributed by atoms with Gasteiger partial charge in [-0.3, -0.25) is 0 Å². The van der Waals surface area contributed by atoms with Gasteiger partial charge in [-0.25, -0.2) is 0 Å². The molecule has 0 radical (unpaired) electrons. The van der Waals surface area contributed by atoms with Crippen molar-refractivity contribution >= 4 is 43.2 Å². The fraction of sp³-hybridized carbons (Fsp3) is 0.333. The second-order valence-electron chi connectivity index (χ2n) is 4.56. The van der Waals surface area contributed by atoms with Crippen LogP contribution in [-0.2, 0) is 0 Å². The van der Waals surface area contributed by atoms with Gasteiger partial charge >= 0.3 is 0 Å². The lowest BCUT2D eigenvalue weighted by Gasteiger charge is -2.19. The Bertz CT molecular complexity index is 623. The summed E-state index contributed by atoms with van der Waals surface area (Å²) in [5.41, 5.74) is 2.36. The minimum Gasteiger partial charge on any atom is -0.493 e. The second kappa shape index (κ2) is 7.13. The standard InChI is InChI=1S/C15H17Br2NO2S/c1-8-5-13(21-15(8)17)14(18-2)9-6-11(19-3)12(20-4)7-10(9)16/h5-7,14,18H,1-4H3. The molecule has 0 saturated carbocycles. The van der Waals surface area contributed by atoms with Crippen LogP contribution in [0, 0.1) is 6.92 Å².